The number of hydrogen-bond donors (Lipinski definition) is 2. The zero-order valence-corrected chi connectivity index (χ0v) is 15.3. The third-order valence-electron chi connectivity index (χ3n) is 4.38. The van der Waals surface area contributed by atoms with Crippen LogP contribution in [0.4, 0.5) is 0 Å². The van der Waals surface area contributed by atoms with Gasteiger partial charge in [0.2, 0.25) is 17.7 Å². The molecular weight excluding hydrogens is 322 g/mol. The number of pyridine rings is 1. The number of methoxy groups -OCH3 is 1. The Labute approximate surface area is 148 Å². The smallest absolute Gasteiger partial charge is 0.233 e. The Morgan fingerprint density at radius 1 is 1.40 bits per heavy atom. The minimum atomic E-state index is -0.653. The highest BCUT2D eigenvalue weighted by Crippen LogP contribution is 2.35. The Morgan fingerprint density at radius 3 is 2.84 bits per heavy atom. The van der Waals surface area contributed by atoms with Crippen LogP contribution in [0.5, 0.6) is 5.88 Å². The van der Waals surface area contributed by atoms with Gasteiger partial charge in [-0.3, -0.25) is 9.59 Å². The van der Waals surface area contributed by atoms with Gasteiger partial charge in [0.05, 0.1) is 6.61 Å². The minimum Gasteiger partial charge on any atom is -0.475 e. The average Bonchev–Trinajstić information content (AvgIpc) is 2.95. The van der Waals surface area contributed by atoms with E-state index in [2.05, 4.69) is 15.6 Å². The van der Waals surface area contributed by atoms with Gasteiger partial charge in [-0.2, -0.15) is 0 Å². The van der Waals surface area contributed by atoms with Gasteiger partial charge in [0, 0.05) is 38.4 Å². The van der Waals surface area contributed by atoms with Crippen LogP contribution in [-0.4, -0.2) is 43.7 Å². The normalized spacial score (nSPS) is 20.2. The van der Waals surface area contributed by atoms with Crippen LogP contribution in [-0.2, 0) is 20.9 Å². The first-order chi connectivity index (χ1) is 11.8. The molecule has 1 aromatic rings. The standard InChI is InChI=1S/C18H27N3O4/c1-18(2,3)13-11-21-17(23)15(13)16(22)20-10-12-5-6-19-14(9-12)25-8-7-24-4/h5-6,9,13,15H,7-8,10-11H2,1-4H3,(H,20,22)(H,21,23). The van der Waals surface area contributed by atoms with Crippen molar-refractivity contribution in [1.29, 1.82) is 0 Å². The number of rotatable bonds is 7. The Bertz CT molecular complexity index is 613. The number of nitrogens with zero attached hydrogens (tertiary/aromatic N) is 1. The number of carbonyl (C=O) groups excluding carboxylic acids is 2. The van der Waals surface area contributed by atoms with E-state index in [0.29, 0.717) is 32.2 Å². The van der Waals surface area contributed by atoms with Gasteiger partial charge in [0.1, 0.15) is 12.5 Å². The Balaban J connectivity index is 1.95. The fraction of sp³-hybridized carbons (Fsp3) is 0.611. The minimum absolute atomic E-state index is 0.0228. The van der Waals surface area contributed by atoms with Crippen molar-refractivity contribution in [1.82, 2.24) is 15.6 Å². The first-order valence-corrected chi connectivity index (χ1v) is 8.45. The third kappa shape index (κ3) is 5.16. The summed E-state index contributed by atoms with van der Waals surface area (Å²) in [5.41, 5.74) is 0.738. The monoisotopic (exact) mass is 349 g/mol. The van der Waals surface area contributed by atoms with Crippen LogP contribution in [0.1, 0.15) is 26.3 Å². The maximum atomic E-state index is 12.5. The summed E-state index contributed by atoms with van der Waals surface area (Å²) in [6, 6.07) is 3.57. The van der Waals surface area contributed by atoms with Gasteiger partial charge in [-0.25, -0.2) is 4.98 Å². The van der Waals surface area contributed by atoms with E-state index < -0.39 is 5.92 Å². The second-order valence-corrected chi connectivity index (χ2v) is 7.26. The Hall–Kier alpha value is -2.15. The van der Waals surface area contributed by atoms with E-state index in [1.807, 2.05) is 20.8 Å². The van der Waals surface area contributed by atoms with Crippen molar-refractivity contribution in [3.8, 4) is 5.88 Å². The molecule has 2 rings (SSSR count). The summed E-state index contributed by atoms with van der Waals surface area (Å²) < 4.78 is 10.4. The van der Waals surface area contributed by atoms with Crippen LogP contribution in [0.25, 0.3) is 0 Å². The van der Waals surface area contributed by atoms with Crippen molar-refractivity contribution in [3.63, 3.8) is 0 Å². The molecule has 7 heteroatoms. The van der Waals surface area contributed by atoms with Gasteiger partial charge >= 0.3 is 0 Å². The summed E-state index contributed by atoms with van der Waals surface area (Å²) in [7, 11) is 1.60. The first kappa shape index (κ1) is 19.2. The van der Waals surface area contributed by atoms with E-state index in [1.165, 1.54) is 0 Å². The molecule has 2 unspecified atom stereocenters. The summed E-state index contributed by atoms with van der Waals surface area (Å²) in [5, 5.41) is 5.66. The van der Waals surface area contributed by atoms with Gasteiger partial charge in [-0.1, -0.05) is 20.8 Å². The van der Waals surface area contributed by atoms with Crippen LogP contribution in [0.3, 0.4) is 0 Å². The zero-order chi connectivity index (χ0) is 18.4. The molecule has 2 atom stereocenters. The maximum absolute atomic E-state index is 12.5. The van der Waals surface area contributed by atoms with E-state index in [0.717, 1.165) is 5.56 Å². The highest BCUT2D eigenvalue weighted by molar-refractivity contribution is 6.02. The molecule has 1 saturated heterocycles. The highest BCUT2D eigenvalue weighted by atomic mass is 16.5. The second-order valence-electron chi connectivity index (χ2n) is 7.26. The van der Waals surface area contributed by atoms with Crippen LogP contribution in [0.2, 0.25) is 0 Å². The third-order valence-corrected chi connectivity index (χ3v) is 4.38. The number of amides is 2. The van der Waals surface area contributed by atoms with Crippen molar-refractivity contribution in [2.75, 3.05) is 26.9 Å². The quantitative estimate of drug-likeness (QED) is 0.569. The largest absolute Gasteiger partial charge is 0.475 e. The predicted octanol–water partition coefficient (Wildman–Crippen LogP) is 1.13. The van der Waals surface area contributed by atoms with Gasteiger partial charge in [0.25, 0.3) is 0 Å². The second kappa shape index (κ2) is 8.29. The lowest BCUT2D eigenvalue weighted by Gasteiger charge is -2.29. The molecule has 1 fully saturated rings. The predicted molar refractivity (Wildman–Crippen MR) is 92.9 cm³/mol. The zero-order valence-electron chi connectivity index (χ0n) is 15.3. The lowest BCUT2D eigenvalue weighted by atomic mass is 9.74. The summed E-state index contributed by atoms with van der Waals surface area (Å²) in [6.45, 7) is 7.89. The number of aromatic nitrogens is 1. The molecule has 0 radical (unpaired) electrons. The van der Waals surface area contributed by atoms with Gasteiger partial charge in [0.15, 0.2) is 0 Å². The van der Waals surface area contributed by atoms with E-state index in [1.54, 1.807) is 25.4 Å². The number of carbonyl (C=O) groups is 2. The van der Waals surface area contributed by atoms with Crippen molar-refractivity contribution in [2.45, 2.75) is 27.3 Å². The van der Waals surface area contributed by atoms with Gasteiger partial charge < -0.3 is 20.1 Å². The maximum Gasteiger partial charge on any atom is 0.233 e. The van der Waals surface area contributed by atoms with Gasteiger partial charge in [-0.05, 0) is 17.0 Å². The SMILES string of the molecule is COCCOc1cc(CNC(=O)C2C(=O)NCC2C(C)(C)C)ccn1. The molecule has 7 nitrogen and oxygen atoms in total. The molecular formula is C18H27N3O4. The lowest BCUT2D eigenvalue weighted by molar-refractivity contribution is -0.135. The van der Waals surface area contributed by atoms with E-state index in [4.69, 9.17) is 9.47 Å². The van der Waals surface area contributed by atoms with Crippen LogP contribution in [0.15, 0.2) is 18.3 Å². The Kier molecular flexibility index (Phi) is 6.36. The molecule has 25 heavy (non-hydrogen) atoms. The molecule has 0 aliphatic carbocycles. The summed E-state index contributed by atoms with van der Waals surface area (Å²) >= 11 is 0. The fourth-order valence-corrected chi connectivity index (χ4v) is 2.90. The van der Waals surface area contributed by atoms with Crippen molar-refractivity contribution >= 4 is 11.8 Å². The lowest BCUT2D eigenvalue weighted by Crippen LogP contribution is -2.40. The molecule has 1 aliphatic heterocycles. The summed E-state index contributed by atoms with van der Waals surface area (Å²) in [4.78, 5) is 28.7. The molecule has 0 spiro atoms. The van der Waals surface area contributed by atoms with Crippen LogP contribution >= 0.6 is 0 Å². The molecule has 1 aliphatic rings. The van der Waals surface area contributed by atoms with Crippen molar-refractivity contribution in [3.05, 3.63) is 23.9 Å². The van der Waals surface area contributed by atoms with Crippen LogP contribution in [0, 0.1) is 17.3 Å². The molecule has 0 aromatic carbocycles. The fourth-order valence-electron chi connectivity index (χ4n) is 2.90. The van der Waals surface area contributed by atoms with Crippen molar-refractivity contribution < 1.29 is 19.1 Å². The molecule has 2 amide bonds. The summed E-state index contributed by atoms with van der Waals surface area (Å²) in [5.74, 6) is -0.635. The number of ether oxygens (including phenoxy) is 2. The van der Waals surface area contributed by atoms with Gasteiger partial charge in [-0.15, -0.1) is 0 Å². The first-order valence-electron chi connectivity index (χ1n) is 8.45. The van der Waals surface area contributed by atoms with E-state index in [9.17, 15) is 9.59 Å². The molecule has 1 aromatic heterocycles. The summed E-state index contributed by atoms with van der Waals surface area (Å²) in [6.07, 6.45) is 1.63. The Morgan fingerprint density at radius 2 is 2.16 bits per heavy atom. The highest BCUT2D eigenvalue weighted by Gasteiger charge is 2.45. The molecule has 2 heterocycles. The molecule has 2 N–H and O–H groups in total. The van der Waals surface area contributed by atoms with Crippen molar-refractivity contribution in [2.24, 2.45) is 17.3 Å². The van der Waals surface area contributed by atoms with E-state index >= 15 is 0 Å². The number of nitrogens with one attached hydrogen (secondary N) is 2. The number of hydrogen-bond acceptors (Lipinski definition) is 5. The van der Waals surface area contributed by atoms with E-state index in [-0.39, 0.29) is 23.1 Å². The topological polar surface area (TPSA) is 89.5 Å². The van der Waals surface area contributed by atoms with Crippen LogP contribution < -0.4 is 15.4 Å². The molecule has 138 valence electrons. The average molecular weight is 349 g/mol. The molecule has 0 saturated carbocycles. The molecule has 0 bridgehead atoms.